The molecule has 1 heterocycles. The van der Waals surface area contributed by atoms with Gasteiger partial charge in [-0.25, -0.2) is 0 Å². The van der Waals surface area contributed by atoms with Crippen LogP contribution < -0.4 is 0 Å². The molecule has 0 amide bonds. The smallest absolute Gasteiger partial charge is 0.118 e. The fourth-order valence-corrected chi connectivity index (χ4v) is 5.31. The number of oxime groups is 1. The first-order chi connectivity index (χ1) is 17.3. The van der Waals surface area contributed by atoms with E-state index >= 15 is 0 Å². The van der Waals surface area contributed by atoms with Gasteiger partial charge in [-0.05, 0) is 54.9 Å². The van der Waals surface area contributed by atoms with Crippen LogP contribution in [-0.2, 0) is 11.4 Å². The first kappa shape index (κ1) is 25.7. The van der Waals surface area contributed by atoms with E-state index in [0.717, 1.165) is 52.1 Å². The van der Waals surface area contributed by atoms with Crippen molar-refractivity contribution >= 4 is 11.8 Å². The maximum absolute atomic E-state index is 5.95. The summed E-state index contributed by atoms with van der Waals surface area (Å²) in [7, 11) is 0. The van der Waals surface area contributed by atoms with Gasteiger partial charge in [0.05, 0.1) is 5.71 Å². The first-order valence-corrected chi connectivity index (χ1v) is 13.8. The van der Waals surface area contributed by atoms with Gasteiger partial charge in [-0.15, -0.1) is 0 Å². The normalized spacial score (nSPS) is 22.0. The lowest BCUT2D eigenvalue weighted by Crippen LogP contribution is -2.46. The second-order valence-electron chi connectivity index (χ2n) is 10.1. The number of nitrogens with zero attached hydrogens (tertiary/aromatic N) is 3. The molecule has 0 spiro atoms. The third kappa shape index (κ3) is 8.33. The molecular formula is C31H43N3O. The minimum Gasteiger partial charge on any atom is -0.396 e. The zero-order chi connectivity index (χ0) is 24.1. The summed E-state index contributed by atoms with van der Waals surface area (Å²) in [6, 6.07) is 21.5. The molecule has 188 valence electrons. The SMILES string of the molecule is CCCCC1CCCC(=C\c2ccccc2)/C1=N/OCCCN1CCN(Cc2ccccc2)CC1. The maximum Gasteiger partial charge on any atom is 0.118 e. The van der Waals surface area contributed by atoms with E-state index in [0.29, 0.717) is 12.5 Å². The van der Waals surface area contributed by atoms with Gasteiger partial charge in [0.15, 0.2) is 0 Å². The van der Waals surface area contributed by atoms with Gasteiger partial charge in [0.2, 0.25) is 0 Å². The van der Waals surface area contributed by atoms with Crippen LogP contribution in [0.5, 0.6) is 0 Å². The molecule has 4 heteroatoms. The molecule has 1 unspecified atom stereocenters. The molecule has 0 N–H and O–H groups in total. The summed E-state index contributed by atoms with van der Waals surface area (Å²) in [6.07, 6.45) is 10.7. The number of hydrogen-bond acceptors (Lipinski definition) is 4. The Bertz CT molecular complexity index is 917. The molecular weight excluding hydrogens is 430 g/mol. The van der Waals surface area contributed by atoms with Crippen molar-refractivity contribution < 1.29 is 4.84 Å². The van der Waals surface area contributed by atoms with Gasteiger partial charge >= 0.3 is 0 Å². The molecule has 1 aliphatic heterocycles. The Hall–Kier alpha value is -2.43. The molecule has 2 aromatic rings. The molecule has 0 bridgehead atoms. The van der Waals surface area contributed by atoms with Crippen molar-refractivity contribution in [1.82, 2.24) is 9.80 Å². The predicted octanol–water partition coefficient (Wildman–Crippen LogP) is 6.64. The monoisotopic (exact) mass is 473 g/mol. The highest BCUT2D eigenvalue weighted by Crippen LogP contribution is 2.31. The lowest BCUT2D eigenvalue weighted by molar-refractivity contribution is 0.0994. The van der Waals surface area contributed by atoms with Crippen LogP contribution in [0.1, 0.15) is 63.0 Å². The van der Waals surface area contributed by atoms with Crippen molar-refractivity contribution in [2.24, 2.45) is 11.1 Å². The lowest BCUT2D eigenvalue weighted by atomic mass is 9.80. The summed E-state index contributed by atoms with van der Waals surface area (Å²) in [4.78, 5) is 11.1. The standard InChI is InChI=1S/C31H43N3O/c1-2-3-16-29-17-10-18-30(25-27-12-6-4-7-13-27)31(29)32-35-24-11-19-33-20-22-34(23-21-33)26-28-14-8-5-9-15-28/h4-9,12-15,25,29H,2-3,10-11,16-24,26H2,1H3/b30-25+,32-31+. The second kappa shape index (κ2) is 14.2. The van der Waals surface area contributed by atoms with Crippen LogP contribution in [0, 0.1) is 5.92 Å². The van der Waals surface area contributed by atoms with Crippen molar-refractivity contribution in [3.63, 3.8) is 0 Å². The van der Waals surface area contributed by atoms with E-state index in [9.17, 15) is 0 Å². The zero-order valence-corrected chi connectivity index (χ0v) is 21.6. The van der Waals surface area contributed by atoms with Crippen molar-refractivity contribution in [2.45, 2.75) is 58.4 Å². The van der Waals surface area contributed by atoms with E-state index in [4.69, 9.17) is 9.99 Å². The molecule has 1 aliphatic carbocycles. The summed E-state index contributed by atoms with van der Waals surface area (Å²) in [5.74, 6) is 0.538. The summed E-state index contributed by atoms with van der Waals surface area (Å²) < 4.78 is 0. The Morgan fingerprint density at radius 2 is 1.63 bits per heavy atom. The van der Waals surface area contributed by atoms with E-state index in [1.165, 1.54) is 54.5 Å². The van der Waals surface area contributed by atoms with Gasteiger partial charge in [-0.3, -0.25) is 4.90 Å². The van der Waals surface area contributed by atoms with Gasteiger partial charge in [0.1, 0.15) is 6.61 Å². The molecule has 2 aliphatic rings. The summed E-state index contributed by atoms with van der Waals surface area (Å²) in [5.41, 5.74) is 5.26. The number of benzene rings is 2. The minimum absolute atomic E-state index is 0.538. The molecule has 2 fully saturated rings. The quantitative estimate of drug-likeness (QED) is 0.270. The molecule has 4 rings (SSSR count). The maximum atomic E-state index is 5.95. The third-order valence-corrected chi connectivity index (χ3v) is 7.35. The average molecular weight is 474 g/mol. The van der Waals surface area contributed by atoms with Crippen molar-refractivity contribution in [3.8, 4) is 0 Å². The molecule has 0 radical (unpaired) electrons. The molecule has 1 atom stereocenters. The topological polar surface area (TPSA) is 28.1 Å². The molecule has 35 heavy (non-hydrogen) atoms. The van der Waals surface area contributed by atoms with Crippen molar-refractivity contribution in [1.29, 1.82) is 0 Å². The number of rotatable bonds is 11. The Kier molecular flexibility index (Phi) is 10.4. The summed E-state index contributed by atoms with van der Waals surface area (Å²) in [5, 5.41) is 4.76. The highest BCUT2D eigenvalue weighted by atomic mass is 16.6. The van der Waals surface area contributed by atoms with E-state index < -0.39 is 0 Å². The number of allylic oxidation sites excluding steroid dienone is 1. The molecule has 2 aromatic carbocycles. The van der Waals surface area contributed by atoms with Crippen molar-refractivity contribution in [2.75, 3.05) is 39.3 Å². The molecule has 0 aromatic heterocycles. The number of piperazine rings is 1. The van der Waals surface area contributed by atoms with E-state index in [1.54, 1.807) is 0 Å². The molecule has 4 nitrogen and oxygen atoms in total. The van der Waals surface area contributed by atoms with Crippen LogP contribution in [0.2, 0.25) is 0 Å². The van der Waals surface area contributed by atoms with E-state index in [-0.39, 0.29) is 0 Å². The Morgan fingerprint density at radius 3 is 2.37 bits per heavy atom. The fourth-order valence-electron chi connectivity index (χ4n) is 5.31. The van der Waals surface area contributed by atoms with Gasteiger partial charge < -0.3 is 9.74 Å². The Morgan fingerprint density at radius 1 is 0.914 bits per heavy atom. The lowest BCUT2D eigenvalue weighted by Gasteiger charge is -2.34. The van der Waals surface area contributed by atoms with Crippen LogP contribution in [0.15, 0.2) is 71.4 Å². The van der Waals surface area contributed by atoms with Gasteiger partial charge in [-0.2, -0.15) is 0 Å². The highest BCUT2D eigenvalue weighted by Gasteiger charge is 2.25. The predicted molar refractivity (Wildman–Crippen MR) is 147 cm³/mol. The average Bonchev–Trinajstić information content (AvgIpc) is 2.90. The zero-order valence-electron chi connectivity index (χ0n) is 21.6. The van der Waals surface area contributed by atoms with Gasteiger partial charge in [0.25, 0.3) is 0 Å². The fraction of sp³-hybridized carbons (Fsp3) is 0.516. The van der Waals surface area contributed by atoms with Crippen LogP contribution in [0.25, 0.3) is 6.08 Å². The van der Waals surface area contributed by atoms with Crippen LogP contribution in [0.4, 0.5) is 0 Å². The second-order valence-corrected chi connectivity index (χ2v) is 10.1. The van der Waals surface area contributed by atoms with E-state index in [2.05, 4.69) is 83.5 Å². The number of hydrogen-bond donors (Lipinski definition) is 0. The van der Waals surface area contributed by atoms with E-state index in [1.807, 2.05) is 0 Å². The number of unbranched alkanes of at least 4 members (excludes halogenated alkanes) is 1. The van der Waals surface area contributed by atoms with Gasteiger partial charge in [0, 0.05) is 45.2 Å². The van der Waals surface area contributed by atoms with Crippen LogP contribution in [0.3, 0.4) is 0 Å². The largest absolute Gasteiger partial charge is 0.396 e. The molecule has 1 saturated carbocycles. The first-order valence-electron chi connectivity index (χ1n) is 13.8. The summed E-state index contributed by atoms with van der Waals surface area (Å²) >= 11 is 0. The molecule has 1 saturated heterocycles. The summed E-state index contributed by atoms with van der Waals surface area (Å²) in [6.45, 7) is 9.71. The van der Waals surface area contributed by atoms with Crippen molar-refractivity contribution in [3.05, 3.63) is 77.4 Å². The Labute approximate surface area is 212 Å². The Balaban J connectivity index is 1.24. The highest BCUT2D eigenvalue weighted by molar-refractivity contribution is 6.05. The van der Waals surface area contributed by atoms with Crippen LogP contribution in [-0.4, -0.2) is 54.8 Å². The van der Waals surface area contributed by atoms with Gasteiger partial charge in [-0.1, -0.05) is 85.6 Å². The minimum atomic E-state index is 0.538. The third-order valence-electron chi connectivity index (χ3n) is 7.35. The van der Waals surface area contributed by atoms with Crippen LogP contribution >= 0.6 is 0 Å².